The SMILES string of the molecule is CC(=CCC1=CC2CCC1C2)C(=O)O. The zero-order valence-electron chi connectivity index (χ0n) is 8.49. The Morgan fingerprint density at radius 3 is 2.93 bits per heavy atom. The van der Waals surface area contributed by atoms with Gasteiger partial charge < -0.3 is 5.11 Å². The average molecular weight is 192 g/mol. The predicted molar refractivity (Wildman–Crippen MR) is 54.9 cm³/mol. The minimum absolute atomic E-state index is 0.466. The van der Waals surface area contributed by atoms with Gasteiger partial charge in [0.2, 0.25) is 0 Å². The van der Waals surface area contributed by atoms with Gasteiger partial charge in [0.05, 0.1) is 0 Å². The van der Waals surface area contributed by atoms with Crippen molar-refractivity contribution in [1.82, 2.24) is 0 Å². The summed E-state index contributed by atoms with van der Waals surface area (Å²) < 4.78 is 0. The molecule has 2 heteroatoms. The number of allylic oxidation sites excluding steroid dienone is 3. The Balaban J connectivity index is 1.96. The van der Waals surface area contributed by atoms with E-state index in [-0.39, 0.29) is 0 Å². The summed E-state index contributed by atoms with van der Waals surface area (Å²) >= 11 is 0. The van der Waals surface area contributed by atoms with Crippen LogP contribution < -0.4 is 0 Å². The van der Waals surface area contributed by atoms with Gasteiger partial charge in [0, 0.05) is 5.57 Å². The van der Waals surface area contributed by atoms with Crippen molar-refractivity contribution in [2.24, 2.45) is 11.8 Å². The minimum Gasteiger partial charge on any atom is -0.478 e. The van der Waals surface area contributed by atoms with Crippen LogP contribution >= 0.6 is 0 Å². The fourth-order valence-electron chi connectivity index (χ4n) is 2.54. The molecule has 0 heterocycles. The van der Waals surface area contributed by atoms with Gasteiger partial charge >= 0.3 is 5.97 Å². The van der Waals surface area contributed by atoms with Crippen LogP contribution in [-0.2, 0) is 4.79 Å². The number of rotatable bonds is 3. The first-order valence-electron chi connectivity index (χ1n) is 5.27. The highest BCUT2D eigenvalue weighted by molar-refractivity contribution is 5.85. The Kier molecular flexibility index (Phi) is 2.44. The van der Waals surface area contributed by atoms with Crippen molar-refractivity contribution >= 4 is 5.97 Å². The summed E-state index contributed by atoms with van der Waals surface area (Å²) in [5, 5.41) is 8.70. The van der Waals surface area contributed by atoms with E-state index in [1.165, 1.54) is 24.8 Å². The molecule has 0 aromatic heterocycles. The summed E-state index contributed by atoms with van der Waals surface area (Å²) in [7, 11) is 0. The summed E-state index contributed by atoms with van der Waals surface area (Å²) in [5.74, 6) is 0.764. The van der Waals surface area contributed by atoms with E-state index in [0.29, 0.717) is 5.57 Å². The molecule has 2 rings (SSSR count). The van der Waals surface area contributed by atoms with Crippen LogP contribution in [0.25, 0.3) is 0 Å². The number of carbonyl (C=O) groups is 1. The third-order valence-corrected chi connectivity index (χ3v) is 3.43. The van der Waals surface area contributed by atoms with Crippen molar-refractivity contribution in [2.45, 2.75) is 32.6 Å². The first kappa shape index (κ1) is 9.50. The Hall–Kier alpha value is -1.05. The second-order valence-corrected chi connectivity index (χ2v) is 4.41. The van der Waals surface area contributed by atoms with Crippen LogP contribution in [0.1, 0.15) is 32.6 Å². The second kappa shape index (κ2) is 3.60. The minimum atomic E-state index is -0.797. The van der Waals surface area contributed by atoms with Gasteiger partial charge in [-0.15, -0.1) is 0 Å². The number of carboxylic acids is 1. The summed E-state index contributed by atoms with van der Waals surface area (Å²) in [5.41, 5.74) is 1.94. The van der Waals surface area contributed by atoms with E-state index in [0.717, 1.165) is 18.3 Å². The molecule has 14 heavy (non-hydrogen) atoms. The third kappa shape index (κ3) is 1.74. The van der Waals surface area contributed by atoms with Crippen molar-refractivity contribution in [3.63, 3.8) is 0 Å². The Labute approximate surface area is 84.3 Å². The number of carboxylic acid groups (broad SMARTS) is 1. The molecule has 2 bridgehead atoms. The number of hydrogen-bond donors (Lipinski definition) is 1. The molecule has 2 atom stereocenters. The third-order valence-electron chi connectivity index (χ3n) is 3.43. The van der Waals surface area contributed by atoms with E-state index in [1.807, 2.05) is 6.08 Å². The van der Waals surface area contributed by atoms with Crippen molar-refractivity contribution in [1.29, 1.82) is 0 Å². The molecule has 2 nitrogen and oxygen atoms in total. The zero-order chi connectivity index (χ0) is 10.1. The Morgan fingerprint density at radius 2 is 2.43 bits per heavy atom. The van der Waals surface area contributed by atoms with Crippen LogP contribution in [0.5, 0.6) is 0 Å². The summed E-state index contributed by atoms with van der Waals surface area (Å²) in [4.78, 5) is 10.6. The van der Waals surface area contributed by atoms with Gasteiger partial charge in [0.1, 0.15) is 0 Å². The molecule has 2 aliphatic rings. The summed E-state index contributed by atoms with van der Waals surface area (Å²) in [6.45, 7) is 1.66. The topological polar surface area (TPSA) is 37.3 Å². The second-order valence-electron chi connectivity index (χ2n) is 4.41. The maximum atomic E-state index is 10.6. The van der Waals surface area contributed by atoms with Crippen LogP contribution in [0.4, 0.5) is 0 Å². The van der Waals surface area contributed by atoms with Gasteiger partial charge in [-0.05, 0) is 44.4 Å². The van der Waals surface area contributed by atoms with Gasteiger partial charge in [0.25, 0.3) is 0 Å². The first-order valence-corrected chi connectivity index (χ1v) is 5.27. The molecule has 1 N–H and O–H groups in total. The van der Waals surface area contributed by atoms with Gasteiger partial charge in [-0.3, -0.25) is 0 Å². The molecule has 1 saturated carbocycles. The molecule has 0 aromatic rings. The van der Waals surface area contributed by atoms with Gasteiger partial charge in [0.15, 0.2) is 0 Å². The van der Waals surface area contributed by atoms with E-state index < -0.39 is 5.97 Å². The largest absolute Gasteiger partial charge is 0.478 e. The van der Waals surface area contributed by atoms with Crippen LogP contribution in [0.2, 0.25) is 0 Å². The molecule has 76 valence electrons. The van der Waals surface area contributed by atoms with Gasteiger partial charge in [-0.1, -0.05) is 17.7 Å². The Morgan fingerprint density at radius 1 is 1.64 bits per heavy atom. The molecule has 2 unspecified atom stereocenters. The lowest BCUT2D eigenvalue weighted by atomic mass is 9.95. The summed E-state index contributed by atoms with van der Waals surface area (Å²) in [6.07, 6.45) is 9.02. The van der Waals surface area contributed by atoms with Crippen molar-refractivity contribution in [2.75, 3.05) is 0 Å². The maximum absolute atomic E-state index is 10.6. The fourth-order valence-corrected chi connectivity index (χ4v) is 2.54. The van der Waals surface area contributed by atoms with Crippen molar-refractivity contribution in [3.05, 3.63) is 23.3 Å². The number of hydrogen-bond acceptors (Lipinski definition) is 1. The van der Waals surface area contributed by atoms with E-state index >= 15 is 0 Å². The standard InChI is InChI=1S/C12H16O2/c1-8(12(13)14)2-4-10-6-9-3-5-11(10)7-9/h2,6,9,11H,3-5,7H2,1H3,(H,13,14). The maximum Gasteiger partial charge on any atom is 0.330 e. The van der Waals surface area contributed by atoms with Crippen LogP contribution in [0, 0.1) is 11.8 Å². The zero-order valence-corrected chi connectivity index (χ0v) is 8.49. The van der Waals surface area contributed by atoms with E-state index in [1.54, 1.807) is 6.92 Å². The van der Waals surface area contributed by atoms with Crippen LogP contribution in [0.15, 0.2) is 23.3 Å². The molecular formula is C12H16O2. The predicted octanol–water partition coefficient (Wildman–Crippen LogP) is 2.76. The number of fused-ring (bicyclic) bond motifs is 2. The molecular weight excluding hydrogens is 176 g/mol. The van der Waals surface area contributed by atoms with Crippen LogP contribution in [-0.4, -0.2) is 11.1 Å². The normalized spacial score (nSPS) is 30.6. The average Bonchev–Trinajstić information content (AvgIpc) is 2.74. The highest BCUT2D eigenvalue weighted by Gasteiger charge is 2.31. The highest BCUT2D eigenvalue weighted by atomic mass is 16.4. The van der Waals surface area contributed by atoms with E-state index in [4.69, 9.17) is 5.11 Å². The molecule has 0 aromatic carbocycles. The van der Waals surface area contributed by atoms with Gasteiger partial charge in [-0.25, -0.2) is 4.79 Å². The van der Waals surface area contributed by atoms with E-state index in [2.05, 4.69) is 6.08 Å². The fraction of sp³-hybridized carbons (Fsp3) is 0.583. The lowest BCUT2D eigenvalue weighted by molar-refractivity contribution is -0.132. The van der Waals surface area contributed by atoms with E-state index in [9.17, 15) is 4.79 Å². The first-order chi connectivity index (χ1) is 6.66. The highest BCUT2D eigenvalue weighted by Crippen LogP contribution is 2.44. The Bertz CT molecular complexity index is 312. The molecule has 0 aliphatic heterocycles. The molecule has 0 spiro atoms. The quantitative estimate of drug-likeness (QED) is 0.551. The lowest BCUT2D eigenvalue weighted by Gasteiger charge is -2.10. The molecule has 1 fully saturated rings. The molecule has 2 aliphatic carbocycles. The van der Waals surface area contributed by atoms with Crippen molar-refractivity contribution in [3.8, 4) is 0 Å². The smallest absolute Gasteiger partial charge is 0.330 e. The van der Waals surface area contributed by atoms with Gasteiger partial charge in [-0.2, -0.15) is 0 Å². The van der Waals surface area contributed by atoms with Crippen LogP contribution in [0.3, 0.4) is 0 Å². The monoisotopic (exact) mass is 192 g/mol. The van der Waals surface area contributed by atoms with Crippen molar-refractivity contribution < 1.29 is 9.90 Å². The molecule has 0 amide bonds. The molecule has 0 saturated heterocycles. The molecule has 0 radical (unpaired) electrons. The number of aliphatic carboxylic acids is 1. The summed E-state index contributed by atoms with van der Waals surface area (Å²) in [6, 6.07) is 0. The lowest BCUT2D eigenvalue weighted by Crippen LogP contribution is -1.99.